The predicted octanol–water partition coefficient (Wildman–Crippen LogP) is 3.66. The summed E-state index contributed by atoms with van der Waals surface area (Å²) in [5.74, 6) is 0.764. The number of nitrogens with two attached hydrogens (primary N) is 1. The Kier molecular flexibility index (Phi) is 4.33. The summed E-state index contributed by atoms with van der Waals surface area (Å²) in [5, 5.41) is 0. The molecule has 0 saturated carbocycles. The van der Waals surface area contributed by atoms with Crippen molar-refractivity contribution in [2.45, 2.75) is 6.61 Å². The molecule has 2 aromatic rings. The van der Waals surface area contributed by atoms with Gasteiger partial charge in [0, 0.05) is 10.0 Å². The van der Waals surface area contributed by atoms with E-state index in [1.807, 2.05) is 48.5 Å². The average molecular weight is 322 g/mol. The molecule has 2 N–H and O–H groups in total. The van der Waals surface area contributed by atoms with E-state index < -0.39 is 0 Å². The second-order valence-corrected chi connectivity index (χ2v) is 5.17. The summed E-state index contributed by atoms with van der Waals surface area (Å²) in [6.07, 6.45) is 0. The fraction of sp³-hybridized carbons (Fsp3) is 0.0714. The average Bonchev–Trinajstić information content (AvgIpc) is 2.37. The molecule has 0 radical (unpaired) electrons. The Morgan fingerprint density at radius 3 is 2.67 bits per heavy atom. The summed E-state index contributed by atoms with van der Waals surface area (Å²) in [4.78, 5) is 0.378. The number of rotatable bonds is 4. The third-order valence-electron chi connectivity index (χ3n) is 2.41. The van der Waals surface area contributed by atoms with Crippen LogP contribution in [0, 0.1) is 0 Å². The summed E-state index contributed by atoms with van der Waals surface area (Å²) in [6.45, 7) is 0.514. The molecule has 0 atom stereocenters. The highest BCUT2D eigenvalue weighted by atomic mass is 79.9. The van der Waals surface area contributed by atoms with Gasteiger partial charge in [0.2, 0.25) is 0 Å². The highest BCUT2D eigenvalue weighted by molar-refractivity contribution is 9.10. The van der Waals surface area contributed by atoms with Gasteiger partial charge in [-0.25, -0.2) is 0 Å². The van der Waals surface area contributed by atoms with Crippen LogP contribution >= 0.6 is 28.1 Å². The van der Waals surface area contributed by atoms with Gasteiger partial charge in [-0.05, 0) is 29.8 Å². The van der Waals surface area contributed by atoms with E-state index in [0.29, 0.717) is 11.6 Å². The molecule has 0 aliphatic carbocycles. The van der Waals surface area contributed by atoms with Crippen LogP contribution in [-0.2, 0) is 6.61 Å². The normalized spacial score (nSPS) is 10.1. The lowest BCUT2D eigenvalue weighted by atomic mass is 10.2. The molecule has 0 spiro atoms. The van der Waals surface area contributed by atoms with E-state index in [4.69, 9.17) is 22.7 Å². The van der Waals surface area contributed by atoms with Gasteiger partial charge < -0.3 is 10.5 Å². The summed E-state index contributed by atoms with van der Waals surface area (Å²) in [7, 11) is 0. The van der Waals surface area contributed by atoms with Crippen molar-refractivity contribution >= 4 is 33.1 Å². The molecule has 0 heterocycles. The molecule has 4 heteroatoms. The number of ether oxygens (including phenoxy) is 1. The Labute approximate surface area is 120 Å². The number of hydrogen-bond donors (Lipinski definition) is 1. The number of hydrogen-bond acceptors (Lipinski definition) is 2. The van der Waals surface area contributed by atoms with Crippen LogP contribution in [0.1, 0.15) is 11.1 Å². The van der Waals surface area contributed by atoms with Gasteiger partial charge >= 0.3 is 0 Å². The van der Waals surface area contributed by atoms with Crippen molar-refractivity contribution in [3.63, 3.8) is 0 Å². The van der Waals surface area contributed by atoms with E-state index in [9.17, 15) is 0 Å². The first-order chi connectivity index (χ1) is 8.65. The zero-order valence-corrected chi connectivity index (χ0v) is 12.0. The first kappa shape index (κ1) is 13.1. The Morgan fingerprint density at radius 2 is 1.94 bits per heavy atom. The van der Waals surface area contributed by atoms with E-state index in [1.54, 1.807) is 0 Å². The smallest absolute Gasteiger partial charge is 0.120 e. The third kappa shape index (κ3) is 3.55. The van der Waals surface area contributed by atoms with Gasteiger partial charge in [-0.1, -0.05) is 52.4 Å². The summed E-state index contributed by atoms with van der Waals surface area (Å²) >= 11 is 8.36. The van der Waals surface area contributed by atoms with Gasteiger partial charge in [0.15, 0.2) is 0 Å². The largest absolute Gasteiger partial charge is 0.489 e. The Morgan fingerprint density at radius 1 is 1.17 bits per heavy atom. The maximum atomic E-state index is 5.70. The van der Waals surface area contributed by atoms with Crippen molar-refractivity contribution in [3.8, 4) is 5.75 Å². The Balaban J connectivity index is 2.06. The van der Waals surface area contributed by atoms with E-state index in [-0.39, 0.29) is 0 Å². The van der Waals surface area contributed by atoms with E-state index >= 15 is 0 Å². The molecule has 0 aliphatic heterocycles. The van der Waals surface area contributed by atoms with Crippen molar-refractivity contribution in [2.24, 2.45) is 5.73 Å². The van der Waals surface area contributed by atoms with Crippen LogP contribution in [0.4, 0.5) is 0 Å². The predicted molar refractivity (Wildman–Crippen MR) is 80.8 cm³/mol. The van der Waals surface area contributed by atoms with E-state index in [1.165, 1.54) is 0 Å². The third-order valence-corrected chi connectivity index (χ3v) is 3.14. The fourth-order valence-electron chi connectivity index (χ4n) is 1.53. The van der Waals surface area contributed by atoms with E-state index in [0.717, 1.165) is 21.3 Å². The Hall–Kier alpha value is -1.39. The molecule has 0 bridgehead atoms. The maximum Gasteiger partial charge on any atom is 0.120 e. The lowest BCUT2D eigenvalue weighted by Crippen LogP contribution is -2.09. The topological polar surface area (TPSA) is 35.2 Å². The monoisotopic (exact) mass is 321 g/mol. The summed E-state index contributed by atoms with van der Waals surface area (Å²) < 4.78 is 6.74. The molecule has 0 amide bonds. The lowest BCUT2D eigenvalue weighted by Gasteiger charge is -2.08. The fourth-order valence-corrected chi connectivity index (χ4v) is 2.11. The minimum absolute atomic E-state index is 0.378. The molecule has 2 nitrogen and oxygen atoms in total. The molecule has 0 unspecified atom stereocenters. The molecular weight excluding hydrogens is 310 g/mol. The summed E-state index contributed by atoms with van der Waals surface area (Å²) in [6, 6.07) is 15.5. The molecule has 2 rings (SSSR count). The van der Waals surface area contributed by atoms with Crippen LogP contribution in [-0.4, -0.2) is 4.99 Å². The first-order valence-corrected chi connectivity index (χ1v) is 6.62. The van der Waals surface area contributed by atoms with Gasteiger partial charge in [0.25, 0.3) is 0 Å². The quantitative estimate of drug-likeness (QED) is 0.873. The Bertz CT molecular complexity index is 571. The zero-order chi connectivity index (χ0) is 13.0. The second-order valence-electron chi connectivity index (χ2n) is 3.81. The SMILES string of the molecule is NC(=S)c1cccc(OCc2cccc(Br)c2)c1. The van der Waals surface area contributed by atoms with Gasteiger partial charge in [-0.3, -0.25) is 0 Å². The maximum absolute atomic E-state index is 5.70. The van der Waals surface area contributed by atoms with Gasteiger partial charge in [0.05, 0.1) is 0 Å². The van der Waals surface area contributed by atoms with Crippen LogP contribution in [0.2, 0.25) is 0 Å². The molecule has 0 aliphatic rings. The highest BCUT2D eigenvalue weighted by Crippen LogP contribution is 2.17. The van der Waals surface area contributed by atoms with Crippen LogP contribution in [0.15, 0.2) is 53.0 Å². The number of benzene rings is 2. The number of thiocarbonyl (C=S) groups is 1. The van der Waals surface area contributed by atoms with Crippen LogP contribution in [0.25, 0.3) is 0 Å². The van der Waals surface area contributed by atoms with Crippen molar-refractivity contribution in [1.82, 2.24) is 0 Å². The molecule has 0 saturated heterocycles. The first-order valence-electron chi connectivity index (χ1n) is 5.42. The van der Waals surface area contributed by atoms with Crippen LogP contribution in [0.3, 0.4) is 0 Å². The molecular formula is C14H12BrNOS. The number of halogens is 1. The van der Waals surface area contributed by atoms with Gasteiger partial charge in [-0.15, -0.1) is 0 Å². The van der Waals surface area contributed by atoms with Crippen LogP contribution in [0.5, 0.6) is 5.75 Å². The standard InChI is InChI=1S/C14H12BrNOS/c15-12-5-1-3-10(7-12)9-17-13-6-2-4-11(8-13)14(16)18/h1-8H,9H2,(H2,16,18). The molecule has 0 aromatic heterocycles. The van der Waals surface area contributed by atoms with Crippen molar-refractivity contribution in [3.05, 3.63) is 64.1 Å². The van der Waals surface area contributed by atoms with Gasteiger partial charge in [0.1, 0.15) is 17.3 Å². The second kappa shape index (κ2) is 5.98. The lowest BCUT2D eigenvalue weighted by molar-refractivity contribution is 0.306. The molecule has 2 aromatic carbocycles. The van der Waals surface area contributed by atoms with E-state index in [2.05, 4.69) is 15.9 Å². The van der Waals surface area contributed by atoms with Crippen molar-refractivity contribution < 1.29 is 4.74 Å². The van der Waals surface area contributed by atoms with Crippen LogP contribution < -0.4 is 10.5 Å². The minimum Gasteiger partial charge on any atom is -0.489 e. The van der Waals surface area contributed by atoms with Crippen molar-refractivity contribution in [1.29, 1.82) is 0 Å². The molecule has 0 fully saturated rings. The molecule has 18 heavy (non-hydrogen) atoms. The summed E-state index contributed by atoms with van der Waals surface area (Å²) in [5.41, 5.74) is 7.50. The minimum atomic E-state index is 0.378. The van der Waals surface area contributed by atoms with Crippen molar-refractivity contribution in [2.75, 3.05) is 0 Å². The molecule has 92 valence electrons. The zero-order valence-electron chi connectivity index (χ0n) is 9.60. The van der Waals surface area contributed by atoms with Gasteiger partial charge in [-0.2, -0.15) is 0 Å². The highest BCUT2D eigenvalue weighted by Gasteiger charge is 2.00.